The van der Waals surface area contributed by atoms with E-state index in [2.05, 4.69) is 22.2 Å². The number of halogens is 3. The zero-order chi connectivity index (χ0) is 24.6. The summed E-state index contributed by atoms with van der Waals surface area (Å²) < 4.78 is 42.4. The van der Waals surface area contributed by atoms with Gasteiger partial charge >= 0.3 is 6.18 Å². The highest BCUT2D eigenvalue weighted by Gasteiger charge is 2.36. The summed E-state index contributed by atoms with van der Waals surface area (Å²) in [5, 5.41) is 4.03. The molecule has 4 aromatic rings. The van der Waals surface area contributed by atoms with Gasteiger partial charge in [0.2, 0.25) is 0 Å². The minimum absolute atomic E-state index is 0.00733. The molecule has 2 aromatic carbocycles. The third-order valence-corrected chi connectivity index (χ3v) is 6.34. The molecule has 0 atom stereocenters. The van der Waals surface area contributed by atoms with E-state index in [1.54, 1.807) is 17.0 Å². The number of hydrogen-bond acceptors (Lipinski definition) is 3. The molecule has 1 aliphatic heterocycles. The van der Waals surface area contributed by atoms with Gasteiger partial charge in [0.15, 0.2) is 17.0 Å². The number of aryl methyl sites for hydroxylation is 1. The average molecular weight is 481 g/mol. The number of fused-ring (bicyclic) bond motifs is 1. The first-order valence-electron chi connectivity index (χ1n) is 11.5. The molecule has 0 aliphatic carbocycles. The van der Waals surface area contributed by atoms with E-state index < -0.39 is 11.9 Å². The Bertz CT molecular complexity index is 1340. The second kappa shape index (κ2) is 9.14. The minimum atomic E-state index is -4.65. The molecule has 3 heterocycles. The van der Waals surface area contributed by atoms with Crippen LogP contribution in [0.5, 0.6) is 0 Å². The molecular formula is C26H25F3N5O+. The van der Waals surface area contributed by atoms with Gasteiger partial charge in [0.05, 0.1) is 31.9 Å². The summed E-state index contributed by atoms with van der Waals surface area (Å²) in [5.74, 6) is -0.376. The molecule has 0 bridgehead atoms. The van der Waals surface area contributed by atoms with E-state index in [0.717, 1.165) is 35.8 Å². The Morgan fingerprint density at radius 3 is 2.34 bits per heavy atom. The van der Waals surface area contributed by atoms with Gasteiger partial charge < -0.3 is 9.80 Å². The number of carbonyl (C=O) groups is 1. The topological polar surface area (TPSA) is 54.9 Å². The summed E-state index contributed by atoms with van der Waals surface area (Å²) in [6, 6.07) is 19.6. The predicted octanol–water partition coefficient (Wildman–Crippen LogP) is 3.26. The first kappa shape index (κ1) is 23.0. The monoisotopic (exact) mass is 480 g/mol. The van der Waals surface area contributed by atoms with E-state index >= 15 is 0 Å². The van der Waals surface area contributed by atoms with Crippen molar-refractivity contribution in [3.05, 3.63) is 89.2 Å². The molecule has 6 nitrogen and oxygen atoms in total. The third-order valence-electron chi connectivity index (χ3n) is 6.34. The quantitative estimate of drug-likeness (QED) is 0.488. The third kappa shape index (κ3) is 4.90. The molecule has 2 aromatic heterocycles. The molecule has 0 radical (unpaired) electrons. The molecule has 9 heteroatoms. The lowest BCUT2D eigenvalue weighted by atomic mass is 10.1. The lowest BCUT2D eigenvalue weighted by molar-refractivity contribution is -0.917. The van der Waals surface area contributed by atoms with Crippen molar-refractivity contribution in [2.75, 3.05) is 26.2 Å². The standard InChI is InChI=1S/C26H24F3N5O/c1-18-7-9-20(10-8-18)21-15-23(26(27,28)29)34-24(30-21)16-22(31-34)25(35)33-13-11-32(12-14-33)17-19-5-3-2-4-6-19/h2-10,15-16H,11-14,17H2,1H3/p+1. The fourth-order valence-electron chi connectivity index (χ4n) is 4.40. The van der Waals surface area contributed by atoms with Crippen molar-refractivity contribution < 1.29 is 22.9 Å². The molecule has 1 saturated heterocycles. The van der Waals surface area contributed by atoms with Crippen molar-refractivity contribution in [1.82, 2.24) is 19.5 Å². The first-order valence-corrected chi connectivity index (χ1v) is 11.5. The Balaban J connectivity index is 1.39. The first-order chi connectivity index (χ1) is 16.8. The van der Waals surface area contributed by atoms with Crippen LogP contribution in [-0.4, -0.2) is 51.6 Å². The highest BCUT2D eigenvalue weighted by atomic mass is 19.4. The van der Waals surface area contributed by atoms with Crippen molar-refractivity contribution in [2.24, 2.45) is 0 Å². The van der Waals surface area contributed by atoms with Crippen molar-refractivity contribution in [1.29, 1.82) is 0 Å². The van der Waals surface area contributed by atoms with E-state index in [4.69, 9.17) is 0 Å². The molecule has 1 amide bonds. The van der Waals surface area contributed by atoms with Gasteiger partial charge in [-0.3, -0.25) is 4.79 Å². The Kier molecular flexibility index (Phi) is 6.02. The highest BCUT2D eigenvalue weighted by Crippen LogP contribution is 2.32. The van der Waals surface area contributed by atoms with Crippen LogP contribution in [0, 0.1) is 6.92 Å². The van der Waals surface area contributed by atoms with Gasteiger partial charge in [0.25, 0.3) is 5.91 Å². The molecule has 0 unspecified atom stereocenters. The average Bonchev–Trinajstić information content (AvgIpc) is 3.28. The van der Waals surface area contributed by atoms with Crippen molar-refractivity contribution in [3.63, 3.8) is 0 Å². The zero-order valence-electron chi connectivity index (χ0n) is 19.2. The largest absolute Gasteiger partial charge is 0.433 e. The van der Waals surface area contributed by atoms with Crippen LogP contribution >= 0.6 is 0 Å². The van der Waals surface area contributed by atoms with E-state index in [9.17, 15) is 18.0 Å². The fraction of sp³-hybridized carbons (Fsp3) is 0.269. The van der Waals surface area contributed by atoms with Crippen LogP contribution in [0.15, 0.2) is 66.7 Å². The fourth-order valence-corrected chi connectivity index (χ4v) is 4.40. The van der Waals surface area contributed by atoms with Crippen LogP contribution in [0.2, 0.25) is 0 Å². The van der Waals surface area contributed by atoms with Crippen LogP contribution in [0.1, 0.15) is 27.3 Å². The van der Waals surface area contributed by atoms with Crippen LogP contribution < -0.4 is 4.90 Å². The second-order valence-electron chi connectivity index (χ2n) is 8.89. The van der Waals surface area contributed by atoms with E-state index in [0.29, 0.717) is 18.7 Å². The van der Waals surface area contributed by atoms with Crippen molar-refractivity contribution in [3.8, 4) is 11.3 Å². The van der Waals surface area contributed by atoms with E-state index in [1.165, 1.54) is 16.5 Å². The lowest BCUT2D eigenvalue weighted by Crippen LogP contribution is -3.13. The summed E-state index contributed by atoms with van der Waals surface area (Å²) in [6.45, 7) is 5.33. The van der Waals surface area contributed by atoms with Crippen molar-refractivity contribution >= 4 is 11.6 Å². The van der Waals surface area contributed by atoms with Crippen LogP contribution in [0.3, 0.4) is 0 Å². The van der Waals surface area contributed by atoms with Gasteiger partial charge in [0.1, 0.15) is 6.54 Å². The second-order valence-corrected chi connectivity index (χ2v) is 8.89. The summed E-state index contributed by atoms with van der Waals surface area (Å²) in [5.41, 5.74) is 1.97. The maximum absolute atomic E-state index is 13.9. The zero-order valence-corrected chi connectivity index (χ0v) is 19.2. The van der Waals surface area contributed by atoms with Crippen LogP contribution in [0.4, 0.5) is 13.2 Å². The number of aromatic nitrogens is 3. The molecule has 0 spiro atoms. The smallest absolute Gasteiger partial charge is 0.328 e. The maximum atomic E-state index is 13.9. The van der Waals surface area contributed by atoms with Gasteiger partial charge in [-0.2, -0.15) is 18.3 Å². The molecule has 5 rings (SSSR count). The van der Waals surface area contributed by atoms with Crippen molar-refractivity contribution in [2.45, 2.75) is 19.6 Å². The van der Waals surface area contributed by atoms with Gasteiger partial charge in [-0.05, 0) is 13.0 Å². The SMILES string of the molecule is Cc1ccc(-c2cc(C(F)(F)F)n3nc(C(=O)N4CC[NH+](Cc5ccccc5)CC4)cc3n2)cc1. The number of carbonyl (C=O) groups excluding carboxylic acids is 1. The number of nitrogens with zero attached hydrogens (tertiary/aromatic N) is 4. The number of hydrogen-bond donors (Lipinski definition) is 1. The Morgan fingerprint density at radius 2 is 1.69 bits per heavy atom. The Hall–Kier alpha value is -3.72. The summed E-state index contributed by atoms with van der Waals surface area (Å²) in [6.07, 6.45) is -4.65. The van der Waals surface area contributed by atoms with Gasteiger partial charge in [-0.1, -0.05) is 60.2 Å². The van der Waals surface area contributed by atoms with E-state index in [-0.39, 0.29) is 22.9 Å². The molecule has 0 saturated carbocycles. The molecule has 1 N–H and O–H groups in total. The molecular weight excluding hydrogens is 455 g/mol. The predicted molar refractivity (Wildman–Crippen MR) is 125 cm³/mol. The Morgan fingerprint density at radius 1 is 1.00 bits per heavy atom. The van der Waals surface area contributed by atoms with Crippen LogP contribution in [-0.2, 0) is 12.7 Å². The maximum Gasteiger partial charge on any atom is 0.433 e. The number of nitrogens with one attached hydrogen (secondary N) is 1. The number of piperazine rings is 1. The highest BCUT2D eigenvalue weighted by molar-refractivity contribution is 5.93. The van der Waals surface area contributed by atoms with Gasteiger partial charge in [-0.15, -0.1) is 0 Å². The van der Waals surface area contributed by atoms with Gasteiger partial charge in [-0.25, -0.2) is 9.50 Å². The normalized spacial score (nSPS) is 15.0. The minimum Gasteiger partial charge on any atom is -0.328 e. The summed E-state index contributed by atoms with van der Waals surface area (Å²) >= 11 is 0. The number of rotatable bonds is 4. The van der Waals surface area contributed by atoms with Gasteiger partial charge in [0, 0.05) is 17.2 Å². The number of quaternary nitrogens is 1. The molecule has 1 fully saturated rings. The molecule has 1 aliphatic rings. The Labute approximate surface area is 200 Å². The molecule has 180 valence electrons. The lowest BCUT2D eigenvalue weighted by Gasteiger charge is -2.31. The number of amides is 1. The summed E-state index contributed by atoms with van der Waals surface area (Å²) in [7, 11) is 0. The number of benzene rings is 2. The van der Waals surface area contributed by atoms with E-state index in [1.807, 2.05) is 37.3 Å². The summed E-state index contributed by atoms with van der Waals surface area (Å²) in [4.78, 5) is 20.5. The number of alkyl halides is 3. The molecule has 35 heavy (non-hydrogen) atoms. The van der Waals surface area contributed by atoms with Crippen LogP contribution in [0.25, 0.3) is 16.9 Å².